The third kappa shape index (κ3) is 6.91. The maximum Gasteiger partial charge on any atom is 0.407 e. The summed E-state index contributed by atoms with van der Waals surface area (Å²) in [6, 6.07) is 8.52. The molecule has 1 amide bonds. The molecule has 1 aliphatic rings. The van der Waals surface area contributed by atoms with E-state index in [9.17, 15) is 9.59 Å². The summed E-state index contributed by atoms with van der Waals surface area (Å²) in [6.07, 6.45) is 8.51. The number of ether oxygens (including phenoxy) is 1. The number of benzene rings is 1. The molecule has 1 aromatic carbocycles. The van der Waals surface area contributed by atoms with Gasteiger partial charge >= 0.3 is 6.09 Å². The summed E-state index contributed by atoms with van der Waals surface area (Å²) in [5.41, 5.74) is 0.739. The second kappa shape index (κ2) is 11.6. The quantitative estimate of drug-likeness (QED) is 0.499. The molecule has 0 aliphatic heterocycles. The Morgan fingerprint density at radius 2 is 1.90 bits per heavy atom. The van der Waals surface area contributed by atoms with Gasteiger partial charge in [-0.2, -0.15) is 0 Å². The highest BCUT2D eigenvalue weighted by Crippen LogP contribution is 2.28. The van der Waals surface area contributed by atoms with Crippen molar-refractivity contribution in [2.45, 2.75) is 83.8 Å². The molecule has 1 saturated carbocycles. The monoisotopic (exact) mass is 427 g/mol. The Morgan fingerprint density at radius 1 is 1.16 bits per heavy atom. The van der Waals surface area contributed by atoms with Gasteiger partial charge in [-0.15, -0.1) is 10.2 Å². The highest BCUT2D eigenvalue weighted by Gasteiger charge is 2.28. The van der Waals surface area contributed by atoms with Crippen LogP contribution in [0.15, 0.2) is 34.7 Å². The first-order valence-corrected chi connectivity index (χ1v) is 11.5. The lowest BCUT2D eigenvalue weighted by Crippen LogP contribution is -2.42. The van der Waals surface area contributed by atoms with Crippen LogP contribution in [0.1, 0.15) is 82.3 Å². The Kier molecular flexibility index (Phi) is 8.62. The highest BCUT2D eigenvalue weighted by atomic mass is 16.6. The second-order valence-electron chi connectivity index (χ2n) is 8.44. The summed E-state index contributed by atoms with van der Waals surface area (Å²) in [5.74, 6) is 0.404. The first kappa shape index (κ1) is 23.0. The SMILES string of the molecule is CCCC[C@H](NC(=O)O[C@@H](C)CC1CCCCC1)C(=O)c1nnc(-c2ccccc2)o1. The summed E-state index contributed by atoms with van der Waals surface area (Å²) >= 11 is 0. The zero-order valence-corrected chi connectivity index (χ0v) is 18.5. The molecule has 0 spiro atoms. The van der Waals surface area contributed by atoms with E-state index in [-0.39, 0.29) is 23.7 Å². The van der Waals surface area contributed by atoms with E-state index in [4.69, 9.17) is 9.15 Å². The first-order valence-electron chi connectivity index (χ1n) is 11.5. The number of Topliss-reactive ketones (excluding diaryl/α,β-unsaturated/α-hetero) is 1. The fourth-order valence-electron chi connectivity index (χ4n) is 4.15. The lowest BCUT2D eigenvalue weighted by Gasteiger charge is -2.25. The van der Waals surface area contributed by atoms with Gasteiger partial charge in [-0.3, -0.25) is 4.79 Å². The molecule has 1 N–H and O–H groups in total. The van der Waals surface area contributed by atoms with Gasteiger partial charge in [-0.25, -0.2) is 4.79 Å². The van der Waals surface area contributed by atoms with Gasteiger partial charge in [0.2, 0.25) is 11.7 Å². The molecule has 0 unspecified atom stereocenters. The van der Waals surface area contributed by atoms with Crippen LogP contribution in [0.25, 0.3) is 11.5 Å². The lowest BCUT2D eigenvalue weighted by atomic mass is 9.86. The average molecular weight is 428 g/mol. The van der Waals surface area contributed by atoms with E-state index in [1.165, 1.54) is 32.1 Å². The van der Waals surface area contributed by atoms with Crippen molar-refractivity contribution in [3.05, 3.63) is 36.2 Å². The van der Waals surface area contributed by atoms with Crippen molar-refractivity contribution in [2.75, 3.05) is 0 Å². The molecule has 2 aromatic rings. The van der Waals surface area contributed by atoms with Crippen molar-refractivity contribution >= 4 is 11.9 Å². The Bertz CT molecular complexity index is 830. The number of unbranched alkanes of at least 4 members (excludes halogenated alkanes) is 1. The Hall–Kier alpha value is -2.70. The van der Waals surface area contributed by atoms with Crippen LogP contribution >= 0.6 is 0 Å². The number of carbonyl (C=O) groups excluding carboxylic acids is 2. The van der Waals surface area contributed by atoms with Gasteiger partial charge in [0.25, 0.3) is 5.89 Å². The van der Waals surface area contributed by atoms with E-state index in [1.54, 1.807) is 0 Å². The molecule has 1 heterocycles. The zero-order chi connectivity index (χ0) is 22.1. The van der Waals surface area contributed by atoms with E-state index in [0.29, 0.717) is 12.3 Å². The maximum atomic E-state index is 13.0. The summed E-state index contributed by atoms with van der Waals surface area (Å²) in [5, 5.41) is 10.6. The van der Waals surface area contributed by atoms with Crippen LogP contribution in [0, 0.1) is 5.92 Å². The number of ketones is 1. The number of alkyl carbamates (subject to hydrolysis) is 1. The lowest BCUT2D eigenvalue weighted by molar-refractivity contribution is 0.0763. The van der Waals surface area contributed by atoms with Gasteiger partial charge in [-0.1, -0.05) is 70.1 Å². The zero-order valence-electron chi connectivity index (χ0n) is 18.5. The van der Waals surface area contributed by atoms with Crippen LogP contribution in [0.4, 0.5) is 4.79 Å². The minimum absolute atomic E-state index is 0.101. The molecule has 3 rings (SSSR count). The van der Waals surface area contributed by atoms with E-state index >= 15 is 0 Å². The topological polar surface area (TPSA) is 94.3 Å². The van der Waals surface area contributed by atoms with Gasteiger partial charge in [0.15, 0.2) is 0 Å². The summed E-state index contributed by atoms with van der Waals surface area (Å²) in [6.45, 7) is 3.95. The van der Waals surface area contributed by atoms with Crippen molar-refractivity contribution < 1.29 is 18.7 Å². The van der Waals surface area contributed by atoms with Gasteiger partial charge in [0.05, 0.1) is 0 Å². The summed E-state index contributed by atoms with van der Waals surface area (Å²) in [7, 11) is 0. The number of nitrogens with zero attached hydrogens (tertiary/aromatic N) is 2. The minimum atomic E-state index is -0.751. The minimum Gasteiger partial charge on any atom is -0.447 e. The number of hydrogen-bond acceptors (Lipinski definition) is 6. The summed E-state index contributed by atoms with van der Waals surface area (Å²) < 4.78 is 11.1. The van der Waals surface area contributed by atoms with Crippen LogP contribution in [-0.2, 0) is 4.74 Å². The Morgan fingerprint density at radius 3 is 2.61 bits per heavy atom. The van der Waals surface area contributed by atoms with Crippen molar-refractivity contribution in [3.63, 3.8) is 0 Å². The Labute approximate surface area is 184 Å². The predicted molar refractivity (Wildman–Crippen MR) is 118 cm³/mol. The molecular weight excluding hydrogens is 394 g/mol. The van der Waals surface area contributed by atoms with Crippen LogP contribution < -0.4 is 5.32 Å². The van der Waals surface area contributed by atoms with Crippen LogP contribution in [0.5, 0.6) is 0 Å². The molecule has 2 atom stereocenters. The van der Waals surface area contributed by atoms with Crippen LogP contribution in [0.2, 0.25) is 0 Å². The van der Waals surface area contributed by atoms with Crippen LogP contribution in [-0.4, -0.2) is 34.2 Å². The molecule has 7 heteroatoms. The molecule has 31 heavy (non-hydrogen) atoms. The molecule has 1 fully saturated rings. The second-order valence-corrected chi connectivity index (χ2v) is 8.44. The average Bonchev–Trinajstić information content (AvgIpc) is 3.27. The van der Waals surface area contributed by atoms with Crippen molar-refractivity contribution in [3.8, 4) is 11.5 Å². The summed E-state index contributed by atoms with van der Waals surface area (Å²) in [4.78, 5) is 25.4. The van der Waals surface area contributed by atoms with E-state index in [0.717, 1.165) is 24.8 Å². The fraction of sp³-hybridized carbons (Fsp3) is 0.583. The molecule has 0 radical (unpaired) electrons. The molecule has 1 aromatic heterocycles. The largest absolute Gasteiger partial charge is 0.447 e. The Balaban J connectivity index is 1.59. The normalized spacial score (nSPS) is 16.5. The number of carbonyl (C=O) groups is 2. The number of nitrogens with one attached hydrogen (secondary N) is 1. The standard InChI is InChI=1S/C24H33N3O4/c1-3-4-15-20(25-24(29)30-17(2)16-18-11-7-5-8-12-18)21(28)23-27-26-22(31-23)19-13-9-6-10-14-19/h6,9-10,13-14,17-18,20H,3-5,7-8,11-12,15-16H2,1-2H3,(H,25,29)/t17-,20-/m0/s1. The van der Waals surface area contributed by atoms with Gasteiger partial charge in [-0.05, 0) is 37.8 Å². The van der Waals surface area contributed by atoms with Gasteiger partial charge in [0.1, 0.15) is 12.1 Å². The molecule has 1 aliphatic carbocycles. The van der Waals surface area contributed by atoms with Crippen molar-refractivity contribution in [1.29, 1.82) is 0 Å². The predicted octanol–water partition coefficient (Wildman–Crippen LogP) is 5.56. The fourth-order valence-corrected chi connectivity index (χ4v) is 4.15. The molecule has 0 bridgehead atoms. The van der Waals surface area contributed by atoms with Gasteiger partial charge in [0, 0.05) is 5.56 Å². The van der Waals surface area contributed by atoms with Crippen LogP contribution in [0.3, 0.4) is 0 Å². The third-order valence-corrected chi connectivity index (χ3v) is 5.81. The number of hydrogen-bond donors (Lipinski definition) is 1. The van der Waals surface area contributed by atoms with E-state index in [1.807, 2.05) is 44.2 Å². The molecule has 0 saturated heterocycles. The smallest absolute Gasteiger partial charge is 0.407 e. The van der Waals surface area contributed by atoms with E-state index < -0.39 is 12.1 Å². The van der Waals surface area contributed by atoms with Crippen molar-refractivity contribution in [1.82, 2.24) is 15.5 Å². The van der Waals surface area contributed by atoms with E-state index in [2.05, 4.69) is 15.5 Å². The highest BCUT2D eigenvalue weighted by molar-refractivity contribution is 5.97. The number of rotatable bonds is 10. The number of amides is 1. The third-order valence-electron chi connectivity index (χ3n) is 5.81. The van der Waals surface area contributed by atoms with Gasteiger partial charge < -0.3 is 14.5 Å². The number of aromatic nitrogens is 2. The molecular formula is C24H33N3O4. The molecule has 7 nitrogen and oxygen atoms in total. The maximum absolute atomic E-state index is 13.0. The first-order chi connectivity index (χ1) is 15.1. The molecule has 168 valence electrons. The van der Waals surface area contributed by atoms with Crippen molar-refractivity contribution in [2.24, 2.45) is 5.92 Å².